The molecule has 1 aromatic carbocycles. The molecule has 0 aliphatic carbocycles. The number of carbonyl (C=O) groups excluding carboxylic acids is 1. The maximum atomic E-state index is 14.2. The lowest BCUT2D eigenvalue weighted by Gasteiger charge is -2.39. The first-order valence-corrected chi connectivity index (χ1v) is 8.29. The molecule has 1 aliphatic rings. The Kier molecular flexibility index (Phi) is 4.76. The van der Waals surface area contributed by atoms with Crippen molar-refractivity contribution in [3.63, 3.8) is 0 Å². The SMILES string of the molecule is CO[C@](C)(C(=O)N1CCN(c2cnn(C)c2)CC1)c1ccccc1F. The van der Waals surface area contributed by atoms with Crippen LogP contribution in [0.2, 0.25) is 0 Å². The Hall–Kier alpha value is -2.41. The Morgan fingerprint density at radius 2 is 1.92 bits per heavy atom. The molecule has 1 fully saturated rings. The molecule has 7 heteroatoms. The number of nitrogens with zero attached hydrogens (tertiary/aromatic N) is 4. The van der Waals surface area contributed by atoms with Crippen molar-refractivity contribution in [2.75, 3.05) is 38.2 Å². The van der Waals surface area contributed by atoms with Gasteiger partial charge in [0, 0.05) is 52.1 Å². The van der Waals surface area contributed by atoms with Gasteiger partial charge in [0.1, 0.15) is 5.82 Å². The van der Waals surface area contributed by atoms with Gasteiger partial charge in [-0.05, 0) is 13.0 Å². The fourth-order valence-corrected chi connectivity index (χ4v) is 3.20. The van der Waals surface area contributed by atoms with Gasteiger partial charge in [-0.2, -0.15) is 5.10 Å². The zero-order chi connectivity index (χ0) is 18.0. The van der Waals surface area contributed by atoms with Crippen LogP contribution < -0.4 is 4.90 Å². The van der Waals surface area contributed by atoms with Gasteiger partial charge in [0.25, 0.3) is 5.91 Å². The summed E-state index contributed by atoms with van der Waals surface area (Å²) in [6.45, 7) is 4.15. The van der Waals surface area contributed by atoms with E-state index in [1.54, 1.807) is 34.7 Å². The van der Waals surface area contributed by atoms with Gasteiger partial charge < -0.3 is 14.5 Å². The van der Waals surface area contributed by atoms with E-state index >= 15 is 0 Å². The second-order valence-corrected chi connectivity index (χ2v) is 6.37. The van der Waals surface area contributed by atoms with E-state index in [1.807, 2.05) is 19.4 Å². The van der Waals surface area contributed by atoms with Crippen LogP contribution in [0.25, 0.3) is 0 Å². The molecule has 0 radical (unpaired) electrons. The Labute approximate surface area is 146 Å². The molecule has 1 atom stereocenters. The lowest BCUT2D eigenvalue weighted by molar-refractivity contribution is -0.155. The Morgan fingerprint density at radius 1 is 1.24 bits per heavy atom. The summed E-state index contributed by atoms with van der Waals surface area (Å²) in [7, 11) is 3.32. The first-order valence-electron chi connectivity index (χ1n) is 8.29. The van der Waals surface area contributed by atoms with Gasteiger partial charge in [0.05, 0.1) is 11.9 Å². The highest BCUT2D eigenvalue weighted by Gasteiger charge is 2.41. The third-order valence-corrected chi connectivity index (χ3v) is 4.83. The second kappa shape index (κ2) is 6.84. The number of anilines is 1. The molecule has 2 aromatic rings. The number of aromatic nitrogens is 2. The average Bonchev–Trinajstić information content (AvgIpc) is 3.07. The van der Waals surface area contributed by atoms with E-state index in [0.29, 0.717) is 26.2 Å². The van der Waals surface area contributed by atoms with Crippen LogP contribution in [0, 0.1) is 5.82 Å². The third-order valence-electron chi connectivity index (χ3n) is 4.83. The summed E-state index contributed by atoms with van der Waals surface area (Å²) in [5.41, 5.74) is -0.0302. The van der Waals surface area contributed by atoms with E-state index in [2.05, 4.69) is 10.00 Å². The number of rotatable bonds is 4. The van der Waals surface area contributed by atoms with E-state index < -0.39 is 11.4 Å². The maximum absolute atomic E-state index is 14.2. The van der Waals surface area contributed by atoms with Gasteiger partial charge >= 0.3 is 0 Å². The fourth-order valence-electron chi connectivity index (χ4n) is 3.20. The van der Waals surface area contributed by atoms with Gasteiger partial charge in [0.15, 0.2) is 5.60 Å². The molecule has 25 heavy (non-hydrogen) atoms. The Balaban J connectivity index is 1.73. The monoisotopic (exact) mass is 346 g/mol. The van der Waals surface area contributed by atoms with Gasteiger partial charge in [-0.3, -0.25) is 9.48 Å². The van der Waals surface area contributed by atoms with Crippen LogP contribution in [-0.4, -0.2) is 53.9 Å². The molecule has 0 bridgehead atoms. The van der Waals surface area contributed by atoms with Crippen molar-refractivity contribution in [2.45, 2.75) is 12.5 Å². The predicted octanol–water partition coefficient (Wildman–Crippen LogP) is 1.77. The quantitative estimate of drug-likeness (QED) is 0.847. The Morgan fingerprint density at radius 3 is 2.48 bits per heavy atom. The lowest BCUT2D eigenvalue weighted by atomic mass is 9.93. The number of hydrogen-bond donors (Lipinski definition) is 0. The first kappa shape index (κ1) is 17.4. The Bertz CT molecular complexity index is 755. The van der Waals surface area contributed by atoms with Crippen molar-refractivity contribution in [1.82, 2.24) is 14.7 Å². The highest BCUT2D eigenvalue weighted by atomic mass is 19.1. The van der Waals surface area contributed by atoms with Crippen LogP contribution in [0.3, 0.4) is 0 Å². The maximum Gasteiger partial charge on any atom is 0.259 e. The minimum Gasteiger partial charge on any atom is -0.365 e. The van der Waals surface area contributed by atoms with E-state index in [-0.39, 0.29) is 11.5 Å². The van der Waals surface area contributed by atoms with Gasteiger partial charge in [-0.1, -0.05) is 18.2 Å². The molecule has 1 aromatic heterocycles. The summed E-state index contributed by atoms with van der Waals surface area (Å²) in [5.74, 6) is -0.653. The fraction of sp³-hybridized carbons (Fsp3) is 0.444. The number of piperazine rings is 1. The molecule has 3 rings (SSSR count). The van der Waals surface area contributed by atoms with Crippen LogP contribution in [-0.2, 0) is 22.2 Å². The molecule has 6 nitrogen and oxygen atoms in total. The van der Waals surface area contributed by atoms with E-state index in [4.69, 9.17) is 4.74 Å². The van der Waals surface area contributed by atoms with Gasteiger partial charge in [-0.15, -0.1) is 0 Å². The smallest absolute Gasteiger partial charge is 0.259 e. The summed E-state index contributed by atoms with van der Waals surface area (Å²) in [6, 6.07) is 6.26. The van der Waals surface area contributed by atoms with Gasteiger partial charge in [0.2, 0.25) is 0 Å². The predicted molar refractivity (Wildman–Crippen MR) is 92.8 cm³/mol. The molecular formula is C18H23FN4O2. The summed E-state index contributed by atoms with van der Waals surface area (Å²) in [5, 5.41) is 4.18. The minimum atomic E-state index is -1.33. The van der Waals surface area contributed by atoms with Crippen molar-refractivity contribution in [3.8, 4) is 0 Å². The van der Waals surface area contributed by atoms with E-state index in [9.17, 15) is 9.18 Å². The molecule has 0 saturated carbocycles. The van der Waals surface area contributed by atoms with Crippen molar-refractivity contribution in [2.24, 2.45) is 7.05 Å². The number of carbonyl (C=O) groups is 1. The van der Waals surface area contributed by atoms with Crippen LogP contribution >= 0.6 is 0 Å². The highest BCUT2D eigenvalue weighted by Crippen LogP contribution is 2.30. The summed E-state index contributed by atoms with van der Waals surface area (Å²) in [4.78, 5) is 17.0. The number of hydrogen-bond acceptors (Lipinski definition) is 4. The van der Waals surface area contributed by atoms with Crippen LogP contribution in [0.4, 0.5) is 10.1 Å². The zero-order valence-corrected chi connectivity index (χ0v) is 14.8. The van der Waals surface area contributed by atoms with E-state index in [0.717, 1.165) is 5.69 Å². The average molecular weight is 346 g/mol. The molecule has 1 saturated heterocycles. The normalized spacial score (nSPS) is 17.4. The summed E-state index contributed by atoms with van der Waals surface area (Å²) in [6.07, 6.45) is 3.77. The van der Waals surface area contributed by atoms with Crippen molar-refractivity contribution in [3.05, 3.63) is 48.0 Å². The molecule has 1 aliphatic heterocycles. The summed E-state index contributed by atoms with van der Waals surface area (Å²) >= 11 is 0. The molecule has 2 heterocycles. The second-order valence-electron chi connectivity index (χ2n) is 6.37. The van der Waals surface area contributed by atoms with E-state index in [1.165, 1.54) is 13.2 Å². The van der Waals surface area contributed by atoms with Crippen molar-refractivity contribution in [1.29, 1.82) is 0 Å². The summed E-state index contributed by atoms with van der Waals surface area (Å²) < 4.78 is 21.5. The number of halogens is 1. The third kappa shape index (κ3) is 3.24. The van der Waals surface area contributed by atoms with Crippen LogP contribution in [0.1, 0.15) is 12.5 Å². The van der Waals surface area contributed by atoms with Crippen LogP contribution in [0.5, 0.6) is 0 Å². The molecule has 0 spiro atoms. The van der Waals surface area contributed by atoms with Crippen molar-refractivity contribution < 1.29 is 13.9 Å². The van der Waals surface area contributed by atoms with Crippen LogP contribution in [0.15, 0.2) is 36.7 Å². The molecule has 1 amide bonds. The number of aryl methyl sites for hydroxylation is 1. The largest absolute Gasteiger partial charge is 0.365 e. The molecule has 0 unspecified atom stereocenters. The number of amides is 1. The topological polar surface area (TPSA) is 50.6 Å². The molecule has 0 N–H and O–H groups in total. The number of methoxy groups -OCH3 is 1. The molecular weight excluding hydrogens is 323 g/mol. The minimum absolute atomic E-state index is 0.217. The first-order chi connectivity index (χ1) is 12.0. The number of ether oxygens (including phenoxy) is 1. The zero-order valence-electron chi connectivity index (χ0n) is 14.8. The lowest BCUT2D eigenvalue weighted by Crippen LogP contribution is -2.54. The standard InChI is InChI=1S/C18H23FN4O2/c1-18(25-3,15-6-4-5-7-16(15)19)17(24)23-10-8-22(9-11-23)14-12-20-21(2)13-14/h4-7,12-13H,8-11H2,1-3H3/t18-/m0/s1. The number of benzene rings is 1. The highest BCUT2D eigenvalue weighted by molar-refractivity contribution is 5.86. The van der Waals surface area contributed by atoms with Crippen molar-refractivity contribution >= 4 is 11.6 Å². The van der Waals surface area contributed by atoms with Gasteiger partial charge in [-0.25, -0.2) is 4.39 Å². The molecule has 134 valence electrons.